The van der Waals surface area contributed by atoms with Gasteiger partial charge in [-0.15, -0.1) is 0 Å². The van der Waals surface area contributed by atoms with Gasteiger partial charge in [-0.05, 0) is 79.3 Å². The van der Waals surface area contributed by atoms with E-state index in [2.05, 4.69) is 21.4 Å². The van der Waals surface area contributed by atoms with E-state index in [1.54, 1.807) is 24.3 Å². The summed E-state index contributed by atoms with van der Waals surface area (Å²) in [6.45, 7) is 1.36. The van der Waals surface area contributed by atoms with Gasteiger partial charge >= 0.3 is 5.97 Å². The van der Waals surface area contributed by atoms with E-state index < -0.39 is 21.6 Å². The van der Waals surface area contributed by atoms with Crippen molar-refractivity contribution in [3.05, 3.63) is 141 Å². The third kappa shape index (κ3) is 8.34. The van der Waals surface area contributed by atoms with Crippen LogP contribution < -0.4 is 21.1 Å². The summed E-state index contributed by atoms with van der Waals surface area (Å²) in [5.74, 6) is -0.721. The maximum Gasteiger partial charge on any atom is 0.340 e. The number of esters is 1. The summed E-state index contributed by atoms with van der Waals surface area (Å²) in [4.78, 5) is 40.1. The Morgan fingerprint density at radius 1 is 0.864 bits per heavy atom. The van der Waals surface area contributed by atoms with E-state index >= 15 is 0 Å². The van der Waals surface area contributed by atoms with E-state index in [1.807, 2.05) is 36.4 Å². The molecule has 0 atom stereocenters. The van der Waals surface area contributed by atoms with Gasteiger partial charge in [-0.25, -0.2) is 17.5 Å². The normalized spacial score (nSPS) is 15.4. The zero-order valence-corrected chi connectivity index (χ0v) is 38.2. The molecule has 5 aromatic carbocycles. The number of halogens is 1. The molecule has 3 aliphatic heterocycles. The number of carbonyl (C=O) groups excluding carboxylic acids is 3. The van der Waals surface area contributed by atoms with Crippen molar-refractivity contribution < 1.29 is 42.5 Å². The number of unbranched alkanes of at least 4 members (excludes halogenated alkanes) is 2. The molecule has 3 aliphatic rings. The first-order valence-electron chi connectivity index (χ1n) is 21.6. The molecule has 6 N–H and O–H groups in total. The van der Waals surface area contributed by atoms with Crippen LogP contribution in [0.25, 0.3) is 22.0 Å². The van der Waals surface area contributed by atoms with E-state index in [0.717, 1.165) is 33.2 Å². The lowest BCUT2D eigenvalue weighted by molar-refractivity contribution is -0.121. The third-order valence-electron chi connectivity index (χ3n) is 12.6. The van der Waals surface area contributed by atoms with E-state index in [-0.39, 0.29) is 69.9 Å². The van der Waals surface area contributed by atoms with E-state index in [9.17, 15) is 33.0 Å². The molecule has 1 saturated heterocycles. The van der Waals surface area contributed by atoms with Gasteiger partial charge in [-0.2, -0.15) is 0 Å². The Labute approximate surface area is 391 Å². The van der Waals surface area contributed by atoms with E-state index in [4.69, 9.17) is 39.0 Å². The quantitative estimate of drug-likeness (QED) is 0.0430. The molecule has 17 heteroatoms. The highest BCUT2D eigenvalue weighted by atomic mass is 35.5. The summed E-state index contributed by atoms with van der Waals surface area (Å²) in [7, 11) is -3.31. The predicted octanol–water partition coefficient (Wildman–Crippen LogP) is 7.78. The molecule has 14 nitrogen and oxygen atoms in total. The summed E-state index contributed by atoms with van der Waals surface area (Å²) in [6.07, 6.45) is 6.67. The zero-order valence-electron chi connectivity index (χ0n) is 35.8. The van der Waals surface area contributed by atoms with Crippen LogP contribution in [0.15, 0.2) is 97.2 Å². The Bertz CT molecular complexity index is 3040. The molecular formula is C49H46ClN5O9S2. The Hall–Kier alpha value is -6.46. The zero-order chi connectivity index (χ0) is 46.5. The van der Waals surface area contributed by atoms with Crippen LogP contribution in [0.5, 0.6) is 23.0 Å². The Balaban J connectivity index is 0.811. The molecule has 4 heterocycles. The van der Waals surface area contributed by atoms with Crippen LogP contribution >= 0.6 is 23.8 Å². The lowest BCUT2D eigenvalue weighted by Gasteiger charge is -2.36. The average Bonchev–Trinajstić information content (AvgIpc) is 3.82. The molecule has 1 spiro atoms. The van der Waals surface area contributed by atoms with Gasteiger partial charge in [0, 0.05) is 95.7 Å². The van der Waals surface area contributed by atoms with Gasteiger partial charge < -0.3 is 40.6 Å². The number of fused-ring (bicyclic) bond motifs is 7. The van der Waals surface area contributed by atoms with Crippen LogP contribution in [0, 0.1) is 0 Å². The molecule has 2 amide bonds. The fourth-order valence-electron chi connectivity index (χ4n) is 9.32. The van der Waals surface area contributed by atoms with Crippen LogP contribution in [0.4, 0.5) is 0 Å². The number of piperidine rings is 1. The first-order valence-corrected chi connectivity index (χ1v) is 24.2. The Morgan fingerprint density at radius 2 is 1.56 bits per heavy atom. The number of ether oxygens (including phenoxy) is 2. The number of phenolic OH excluding ortho intramolecular Hbond substituents is 2. The highest BCUT2D eigenvalue weighted by molar-refractivity contribution is 7.88. The topological polar surface area (TPSA) is 203 Å². The summed E-state index contributed by atoms with van der Waals surface area (Å²) in [5, 5.41) is 27.7. The van der Waals surface area contributed by atoms with Gasteiger partial charge in [0.05, 0.1) is 22.4 Å². The van der Waals surface area contributed by atoms with Crippen LogP contribution in [-0.2, 0) is 31.7 Å². The molecular weight excluding hydrogens is 902 g/mol. The Morgan fingerprint density at radius 3 is 2.24 bits per heavy atom. The molecule has 66 heavy (non-hydrogen) atoms. The van der Waals surface area contributed by atoms with Gasteiger partial charge in [-0.1, -0.05) is 66.6 Å². The van der Waals surface area contributed by atoms with Gasteiger partial charge in [0.25, 0.3) is 5.91 Å². The summed E-state index contributed by atoms with van der Waals surface area (Å²) in [6, 6.07) is 25.4. The van der Waals surface area contributed by atoms with Crippen LogP contribution in [-0.4, -0.2) is 76.2 Å². The fraction of sp³-hybridized carbons (Fsp3) is 0.265. The van der Waals surface area contributed by atoms with Crippen molar-refractivity contribution >= 4 is 67.5 Å². The largest absolute Gasteiger partial charge is 0.508 e. The number of rotatable bonds is 13. The number of amides is 2. The monoisotopic (exact) mass is 947 g/mol. The van der Waals surface area contributed by atoms with Crippen molar-refractivity contribution in [2.45, 2.75) is 56.7 Å². The predicted molar refractivity (Wildman–Crippen MR) is 254 cm³/mol. The standard InChI is InChI=1S/C49H46ClN5O9S2/c1-66(61,62)54-20-17-32(18-21-54)55-27-37(28-6-5-7-29(22-28)46(51)65)35-13-9-31(44(50)45(35)55)26-53-43(58)8-3-2-4-19-52-47(59)30-10-14-38-36(23-30)48(60)64-49(38)39-15-11-33(56)24-41(39)63-42-25-34(57)12-16-40(42)49/h5-7,9-16,22-25,27,32,56-57H,2-4,8,17-21,26H2,1H3,(H2,51,65)(H,52,59)(H,53,58). The minimum absolute atomic E-state index is 0.00493. The van der Waals surface area contributed by atoms with Gasteiger partial charge in [0.2, 0.25) is 15.9 Å². The number of aromatic hydroxyl groups is 2. The number of phenols is 2. The van der Waals surface area contributed by atoms with Crippen molar-refractivity contribution in [1.82, 2.24) is 19.5 Å². The van der Waals surface area contributed by atoms with Gasteiger partial charge in [0.1, 0.15) is 28.0 Å². The summed E-state index contributed by atoms with van der Waals surface area (Å²) < 4.78 is 40.3. The van der Waals surface area contributed by atoms with Crippen molar-refractivity contribution in [2.75, 3.05) is 25.9 Å². The molecule has 0 unspecified atom stereocenters. The number of nitrogens with one attached hydrogen (secondary N) is 2. The maximum atomic E-state index is 13.5. The first-order chi connectivity index (χ1) is 31.6. The smallest absolute Gasteiger partial charge is 0.340 e. The van der Waals surface area contributed by atoms with Crippen molar-refractivity contribution in [2.24, 2.45) is 5.73 Å². The molecule has 0 radical (unpaired) electrons. The minimum atomic E-state index is -3.31. The number of nitrogens with zero attached hydrogens (tertiary/aromatic N) is 2. The number of carbonyl (C=O) groups is 3. The van der Waals surface area contributed by atoms with E-state index in [0.29, 0.717) is 73.5 Å². The highest BCUT2D eigenvalue weighted by Gasteiger charge is 2.54. The number of nitrogens with two attached hydrogens (primary N) is 1. The second kappa shape index (κ2) is 17.7. The molecule has 6 aromatic rings. The number of benzene rings is 5. The molecule has 1 aromatic heterocycles. The lowest BCUT2D eigenvalue weighted by Crippen LogP contribution is -2.38. The van der Waals surface area contributed by atoms with Gasteiger partial charge in [0.15, 0.2) is 5.60 Å². The summed E-state index contributed by atoms with van der Waals surface area (Å²) in [5.41, 5.74) is 10.6. The molecule has 1 fully saturated rings. The van der Waals surface area contributed by atoms with Crippen molar-refractivity contribution in [3.8, 4) is 34.1 Å². The summed E-state index contributed by atoms with van der Waals surface area (Å²) >= 11 is 12.4. The second-order valence-electron chi connectivity index (χ2n) is 16.9. The lowest BCUT2D eigenvalue weighted by atomic mass is 9.77. The molecule has 0 saturated carbocycles. The maximum absolute atomic E-state index is 13.5. The number of thiocarbonyl (C=S) groups is 1. The molecule has 0 bridgehead atoms. The van der Waals surface area contributed by atoms with Crippen LogP contribution in [0.1, 0.15) is 93.1 Å². The van der Waals surface area contributed by atoms with Crippen molar-refractivity contribution in [1.29, 1.82) is 0 Å². The number of hydrogen-bond donors (Lipinski definition) is 5. The first kappa shape index (κ1) is 44.7. The second-order valence-corrected chi connectivity index (χ2v) is 19.7. The SMILES string of the molecule is CS(=O)(=O)N1CCC(n2cc(-c3cccc(C(N)=S)c3)c3ccc(CNC(=O)CCCCCNC(=O)c4ccc5c(c4)C(=O)OC54c5ccc(O)cc5Oc5cc(O)ccc54)c(Cl)c32)CC1. The molecule has 340 valence electrons. The molecule has 9 rings (SSSR count). The molecule has 0 aliphatic carbocycles. The Kier molecular flexibility index (Phi) is 12.0. The number of hydrogen-bond acceptors (Lipinski definition) is 10. The van der Waals surface area contributed by atoms with Gasteiger partial charge in [-0.3, -0.25) is 9.59 Å². The number of aromatic nitrogens is 1. The van der Waals surface area contributed by atoms with Crippen molar-refractivity contribution in [3.63, 3.8) is 0 Å². The highest BCUT2D eigenvalue weighted by Crippen LogP contribution is 2.57. The van der Waals surface area contributed by atoms with Crippen LogP contribution in [0.2, 0.25) is 5.02 Å². The van der Waals surface area contributed by atoms with Crippen LogP contribution in [0.3, 0.4) is 0 Å². The average molecular weight is 949 g/mol. The van der Waals surface area contributed by atoms with E-state index in [1.165, 1.54) is 40.9 Å². The number of sulfonamides is 1. The third-order valence-corrected chi connectivity index (χ3v) is 14.6. The minimum Gasteiger partial charge on any atom is -0.508 e. The fourth-order valence-corrected chi connectivity index (χ4v) is 10.6.